The summed E-state index contributed by atoms with van der Waals surface area (Å²) in [5, 5.41) is 2.80. The first-order valence-corrected chi connectivity index (χ1v) is 7.48. The maximum atomic E-state index is 12.2. The predicted octanol–water partition coefficient (Wildman–Crippen LogP) is 2.57. The number of carbonyl (C=O) groups is 1. The standard InChI is InChI=1S/C17H22N4O/c1-3-21(4-2)15-11-10-14(12-19-15)20-17(22)16(18)13-8-6-5-7-9-13/h5-12,16H,3-4,18H2,1-2H3,(H,20,22). The Morgan fingerprint density at radius 2 is 1.86 bits per heavy atom. The molecule has 0 aliphatic rings. The number of rotatable bonds is 6. The molecule has 0 bridgehead atoms. The Balaban J connectivity index is 2.03. The fourth-order valence-electron chi connectivity index (χ4n) is 2.23. The zero-order valence-corrected chi connectivity index (χ0v) is 13.0. The summed E-state index contributed by atoms with van der Waals surface area (Å²) in [6.07, 6.45) is 1.66. The molecule has 1 unspecified atom stereocenters. The van der Waals surface area contributed by atoms with Crippen molar-refractivity contribution in [3.8, 4) is 0 Å². The number of nitrogens with one attached hydrogen (secondary N) is 1. The molecular weight excluding hydrogens is 276 g/mol. The molecule has 1 amide bonds. The van der Waals surface area contributed by atoms with E-state index >= 15 is 0 Å². The minimum Gasteiger partial charge on any atom is -0.357 e. The quantitative estimate of drug-likeness (QED) is 0.860. The Morgan fingerprint density at radius 1 is 1.18 bits per heavy atom. The second-order valence-corrected chi connectivity index (χ2v) is 4.95. The van der Waals surface area contributed by atoms with Crippen LogP contribution < -0.4 is 16.0 Å². The lowest BCUT2D eigenvalue weighted by atomic mass is 10.1. The molecule has 5 nitrogen and oxygen atoms in total. The van der Waals surface area contributed by atoms with Gasteiger partial charge < -0.3 is 16.0 Å². The van der Waals surface area contributed by atoms with Gasteiger partial charge in [-0.25, -0.2) is 4.98 Å². The van der Waals surface area contributed by atoms with Crippen molar-refractivity contribution < 1.29 is 4.79 Å². The number of pyridine rings is 1. The topological polar surface area (TPSA) is 71.2 Å². The van der Waals surface area contributed by atoms with E-state index in [1.807, 2.05) is 42.5 Å². The summed E-state index contributed by atoms with van der Waals surface area (Å²) in [6.45, 7) is 5.96. The highest BCUT2D eigenvalue weighted by Crippen LogP contribution is 2.16. The molecule has 116 valence electrons. The first kappa shape index (κ1) is 16.0. The molecule has 5 heteroatoms. The van der Waals surface area contributed by atoms with Gasteiger partial charge >= 0.3 is 0 Å². The van der Waals surface area contributed by atoms with Gasteiger partial charge in [0.05, 0.1) is 11.9 Å². The van der Waals surface area contributed by atoms with E-state index in [4.69, 9.17) is 5.73 Å². The van der Waals surface area contributed by atoms with Gasteiger partial charge in [-0.15, -0.1) is 0 Å². The molecule has 2 aromatic rings. The van der Waals surface area contributed by atoms with E-state index < -0.39 is 6.04 Å². The largest absolute Gasteiger partial charge is 0.357 e. The van der Waals surface area contributed by atoms with E-state index in [-0.39, 0.29) is 5.91 Å². The number of nitrogens with zero attached hydrogens (tertiary/aromatic N) is 2. The first-order valence-electron chi connectivity index (χ1n) is 7.48. The Hall–Kier alpha value is -2.40. The van der Waals surface area contributed by atoms with Crippen molar-refractivity contribution in [2.45, 2.75) is 19.9 Å². The molecule has 0 aliphatic carbocycles. The summed E-state index contributed by atoms with van der Waals surface area (Å²) in [6, 6.07) is 12.4. The third kappa shape index (κ3) is 3.83. The number of aromatic nitrogens is 1. The minimum absolute atomic E-state index is 0.247. The van der Waals surface area contributed by atoms with Gasteiger partial charge in [0.2, 0.25) is 5.91 Å². The van der Waals surface area contributed by atoms with E-state index in [2.05, 4.69) is 29.0 Å². The van der Waals surface area contributed by atoms with Crippen LogP contribution >= 0.6 is 0 Å². The van der Waals surface area contributed by atoms with Gasteiger partial charge in [0, 0.05) is 13.1 Å². The molecule has 0 saturated carbocycles. The lowest BCUT2D eigenvalue weighted by molar-refractivity contribution is -0.117. The first-order chi connectivity index (χ1) is 10.7. The van der Waals surface area contributed by atoms with Gasteiger partial charge in [0.25, 0.3) is 0 Å². The minimum atomic E-state index is -0.691. The van der Waals surface area contributed by atoms with Crippen molar-refractivity contribution in [3.63, 3.8) is 0 Å². The van der Waals surface area contributed by atoms with E-state index in [1.165, 1.54) is 0 Å². The van der Waals surface area contributed by atoms with Crippen LogP contribution in [0.1, 0.15) is 25.5 Å². The molecule has 0 spiro atoms. The summed E-state index contributed by atoms with van der Waals surface area (Å²) < 4.78 is 0. The van der Waals surface area contributed by atoms with Crippen LogP contribution in [0.2, 0.25) is 0 Å². The number of amides is 1. The van der Waals surface area contributed by atoms with Gasteiger partial charge in [0.15, 0.2) is 0 Å². The summed E-state index contributed by atoms with van der Waals surface area (Å²) in [4.78, 5) is 18.7. The maximum Gasteiger partial charge on any atom is 0.245 e. The smallest absolute Gasteiger partial charge is 0.245 e. The molecule has 0 aliphatic heterocycles. The lowest BCUT2D eigenvalue weighted by Crippen LogP contribution is -2.28. The SMILES string of the molecule is CCN(CC)c1ccc(NC(=O)C(N)c2ccccc2)cn1. The van der Waals surface area contributed by atoms with Crippen molar-refractivity contribution in [1.29, 1.82) is 0 Å². The van der Waals surface area contributed by atoms with E-state index in [0.717, 1.165) is 24.5 Å². The maximum absolute atomic E-state index is 12.2. The van der Waals surface area contributed by atoms with Gasteiger partial charge in [-0.2, -0.15) is 0 Å². The number of benzene rings is 1. The molecule has 0 saturated heterocycles. The number of carbonyl (C=O) groups excluding carboxylic acids is 1. The van der Waals surface area contributed by atoms with Crippen LogP contribution in [0.15, 0.2) is 48.7 Å². The predicted molar refractivity (Wildman–Crippen MR) is 89.8 cm³/mol. The van der Waals surface area contributed by atoms with E-state index in [0.29, 0.717) is 5.69 Å². The van der Waals surface area contributed by atoms with Crippen LogP contribution in [0.3, 0.4) is 0 Å². The molecule has 1 heterocycles. The molecule has 0 radical (unpaired) electrons. The highest BCUT2D eigenvalue weighted by molar-refractivity contribution is 5.95. The van der Waals surface area contributed by atoms with Crippen LogP contribution in [0.4, 0.5) is 11.5 Å². The fraction of sp³-hybridized carbons (Fsp3) is 0.294. The molecule has 22 heavy (non-hydrogen) atoms. The van der Waals surface area contributed by atoms with Crippen molar-refractivity contribution in [2.24, 2.45) is 5.73 Å². The Labute approximate surface area is 131 Å². The molecule has 3 N–H and O–H groups in total. The second-order valence-electron chi connectivity index (χ2n) is 4.95. The highest BCUT2D eigenvalue weighted by Gasteiger charge is 2.15. The van der Waals surface area contributed by atoms with Crippen molar-refractivity contribution in [3.05, 3.63) is 54.2 Å². The van der Waals surface area contributed by atoms with E-state index in [9.17, 15) is 4.79 Å². The zero-order valence-electron chi connectivity index (χ0n) is 13.0. The highest BCUT2D eigenvalue weighted by atomic mass is 16.2. The number of hydrogen-bond acceptors (Lipinski definition) is 4. The third-order valence-corrected chi connectivity index (χ3v) is 3.54. The van der Waals surface area contributed by atoms with Gasteiger partial charge in [0.1, 0.15) is 11.9 Å². The average molecular weight is 298 g/mol. The fourth-order valence-corrected chi connectivity index (χ4v) is 2.23. The van der Waals surface area contributed by atoms with Crippen LogP contribution in [0.25, 0.3) is 0 Å². The Kier molecular flexibility index (Phi) is 5.49. The Bertz CT molecular complexity index is 594. The molecule has 1 aromatic carbocycles. The number of anilines is 2. The monoisotopic (exact) mass is 298 g/mol. The molecule has 1 atom stereocenters. The summed E-state index contributed by atoms with van der Waals surface area (Å²) in [5.74, 6) is 0.652. The van der Waals surface area contributed by atoms with Gasteiger partial charge in [-0.05, 0) is 31.5 Å². The van der Waals surface area contributed by atoms with Gasteiger partial charge in [-0.3, -0.25) is 4.79 Å². The number of hydrogen-bond donors (Lipinski definition) is 2. The number of nitrogens with two attached hydrogens (primary N) is 1. The van der Waals surface area contributed by atoms with Crippen molar-refractivity contribution >= 4 is 17.4 Å². The third-order valence-electron chi connectivity index (χ3n) is 3.54. The Morgan fingerprint density at radius 3 is 2.41 bits per heavy atom. The van der Waals surface area contributed by atoms with Crippen LogP contribution in [0.5, 0.6) is 0 Å². The van der Waals surface area contributed by atoms with Crippen LogP contribution in [0, 0.1) is 0 Å². The summed E-state index contributed by atoms with van der Waals surface area (Å²) >= 11 is 0. The van der Waals surface area contributed by atoms with Gasteiger partial charge in [-0.1, -0.05) is 30.3 Å². The van der Waals surface area contributed by atoms with Crippen LogP contribution in [-0.4, -0.2) is 24.0 Å². The lowest BCUT2D eigenvalue weighted by Gasteiger charge is -2.20. The van der Waals surface area contributed by atoms with Crippen LogP contribution in [-0.2, 0) is 4.79 Å². The zero-order chi connectivity index (χ0) is 15.9. The normalized spacial score (nSPS) is 11.8. The molecule has 2 rings (SSSR count). The molecule has 1 aromatic heterocycles. The van der Waals surface area contributed by atoms with E-state index in [1.54, 1.807) is 6.20 Å². The van der Waals surface area contributed by atoms with Crippen molar-refractivity contribution in [1.82, 2.24) is 4.98 Å². The molecular formula is C17H22N4O. The summed E-state index contributed by atoms with van der Waals surface area (Å²) in [7, 11) is 0. The average Bonchev–Trinajstić information content (AvgIpc) is 2.57. The van der Waals surface area contributed by atoms with Crippen molar-refractivity contribution in [2.75, 3.05) is 23.3 Å². The second kappa shape index (κ2) is 7.56. The molecule has 0 fully saturated rings. The summed E-state index contributed by atoms with van der Waals surface area (Å²) in [5.41, 5.74) is 7.40.